The molecule has 1 aromatic carbocycles. The van der Waals surface area contributed by atoms with E-state index in [0.717, 1.165) is 16.5 Å². The Morgan fingerprint density at radius 3 is 3.06 bits per heavy atom. The predicted octanol–water partition coefficient (Wildman–Crippen LogP) is 0.806. The number of aromatic nitrogens is 1. The van der Waals surface area contributed by atoms with Crippen LogP contribution in [0.2, 0.25) is 0 Å². The molecule has 0 radical (unpaired) electrons. The van der Waals surface area contributed by atoms with Crippen LogP contribution in [0.3, 0.4) is 0 Å². The SMILES string of the molecule is NC(=N[N+](=O)[O-])NCCc1c[nH]c2ccccc12. The first kappa shape index (κ1) is 11.9. The summed E-state index contributed by atoms with van der Waals surface area (Å²) in [5.41, 5.74) is 7.52. The van der Waals surface area contributed by atoms with Crippen molar-refractivity contribution in [3.63, 3.8) is 0 Å². The molecule has 1 heterocycles. The van der Waals surface area contributed by atoms with E-state index in [9.17, 15) is 10.1 Å². The molecule has 0 aliphatic heterocycles. The van der Waals surface area contributed by atoms with Gasteiger partial charge in [0.1, 0.15) is 5.10 Å². The summed E-state index contributed by atoms with van der Waals surface area (Å²) in [6.07, 6.45) is 2.63. The first-order chi connectivity index (χ1) is 8.66. The van der Waals surface area contributed by atoms with Crippen molar-refractivity contribution in [3.8, 4) is 0 Å². The number of para-hydroxylation sites is 1. The largest absolute Gasteiger partial charge is 0.365 e. The lowest BCUT2D eigenvalue weighted by Crippen LogP contribution is -2.33. The van der Waals surface area contributed by atoms with Gasteiger partial charge >= 0.3 is 0 Å². The Morgan fingerprint density at radius 1 is 1.50 bits per heavy atom. The lowest BCUT2D eigenvalue weighted by molar-refractivity contribution is -0.485. The van der Waals surface area contributed by atoms with Crippen molar-refractivity contribution >= 4 is 16.9 Å². The Bertz CT molecular complexity index is 590. The van der Waals surface area contributed by atoms with E-state index in [0.29, 0.717) is 13.0 Å². The summed E-state index contributed by atoms with van der Waals surface area (Å²) in [7, 11) is 0. The van der Waals surface area contributed by atoms with Gasteiger partial charge in [0.2, 0.25) is 0 Å². The third kappa shape index (κ3) is 2.76. The van der Waals surface area contributed by atoms with E-state index in [1.165, 1.54) is 0 Å². The zero-order valence-electron chi connectivity index (χ0n) is 9.59. The summed E-state index contributed by atoms with van der Waals surface area (Å²) in [5.74, 6) is -0.181. The number of guanidine groups is 1. The molecule has 0 atom stereocenters. The number of nitrogens with zero attached hydrogens (tertiary/aromatic N) is 2. The number of hydrogen-bond acceptors (Lipinski definition) is 2. The van der Waals surface area contributed by atoms with Crippen LogP contribution in [0, 0.1) is 10.1 Å². The molecule has 0 unspecified atom stereocenters. The highest BCUT2D eigenvalue weighted by Crippen LogP contribution is 2.17. The molecule has 0 saturated heterocycles. The second kappa shape index (κ2) is 5.17. The van der Waals surface area contributed by atoms with E-state index in [2.05, 4.69) is 15.4 Å². The zero-order valence-corrected chi connectivity index (χ0v) is 9.59. The third-order valence-electron chi connectivity index (χ3n) is 2.56. The van der Waals surface area contributed by atoms with Crippen molar-refractivity contribution in [3.05, 3.63) is 46.1 Å². The first-order valence-electron chi connectivity index (χ1n) is 5.44. The Morgan fingerprint density at radius 2 is 2.28 bits per heavy atom. The molecule has 0 saturated carbocycles. The van der Waals surface area contributed by atoms with Gasteiger partial charge in [0.15, 0.2) is 5.03 Å². The molecule has 0 aliphatic rings. The zero-order chi connectivity index (χ0) is 13.0. The molecule has 0 aliphatic carbocycles. The molecule has 18 heavy (non-hydrogen) atoms. The molecule has 0 bridgehead atoms. The lowest BCUT2D eigenvalue weighted by atomic mass is 10.1. The van der Waals surface area contributed by atoms with Crippen molar-refractivity contribution in [2.45, 2.75) is 6.42 Å². The minimum Gasteiger partial charge on any atom is -0.365 e. The maximum atomic E-state index is 10.1. The number of nitrogens with two attached hydrogens (primary N) is 1. The van der Waals surface area contributed by atoms with Gasteiger partial charge in [0, 0.05) is 23.6 Å². The number of nitro groups is 1. The Hall–Kier alpha value is -2.57. The number of benzene rings is 1. The van der Waals surface area contributed by atoms with Crippen LogP contribution in [0.5, 0.6) is 0 Å². The molecule has 94 valence electrons. The van der Waals surface area contributed by atoms with Crippen molar-refractivity contribution < 1.29 is 5.03 Å². The summed E-state index contributed by atoms with van der Waals surface area (Å²) < 4.78 is 0. The average molecular weight is 247 g/mol. The monoisotopic (exact) mass is 247 g/mol. The van der Waals surface area contributed by atoms with E-state index >= 15 is 0 Å². The molecule has 0 amide bonds. The second-order valence-corrected chi connectivity index (χ2v) is 3.76. The number of rotatable bonds is 4. The summed E-state index contributed by atoms with van der Waals surface area (Å²) >= 11 is 0. The molecule has 0 fully saturated rings. The summed E-state index contributed by atoms with van der Waals surface area (Å²) in [5, 5.41) is 16.0. The number of hydrazone groups is 1. The average Bonchev–Trinajstić information content (AvgIpc) is 2.72. The van der Waals surface area contributed by atoms with Gasteiger partial charge in [-0.2, -0.15) is 0 Å². The molecule has 2 rings (SSSR count). The summed E-state index contributed by atoms with van der Waals surface area (Å²) in [4.78, 5) is 13.2. The number of fused-ring (bicyclic) bond motifs is 1. The number of aromatic amines is 1. The van der Waals surface area contributed by atoms with Gasteiger partial charge in [-0.05, 0) is 18.1 Å². The van der Waals surface area contributed by atoms with E-state index in [4.69, 9.17) is 5.73 Å². The number of nitrogens with one attached hydrogen (secondary N) is 2. The minimum atomic E-state index is -0.825. The molecular formula is C11H13N5O2. The minimum absolute atomic E-state index is 0.181. The number of hydrogen-bond donors (Lipinski definition) is 3. The highest BCUT2D eigenvalue weighted by molar-refractivity contribution is 5.83. The molecule has 1 aromatic heterocycles. The van der Waals surface area contributed by atoms with Gasteiger partial charge in [0.05, 0.1) is 0 Å². The van der Waals surface area contributed by atoms with Crippen LogP contribution < -0.4 is 11.1 Å². The number of H-pyrrole nitrogens is 1. The van der Waals surface area contributed by atoms with Gasteiger partial charge in [-0.3, -0.25) is 0 Å². The smallest absolute Gasteiger partial charge is 0.266 e. The first-order valence-corrected chi connectivity index (χ1v) is 5.44. The van der Waals surface area contributed by atoms with E-state index < -0.39 is 5.03 Å². The van der Waals surface area contributed by atoms with Crippen LogP contribution in [-0.4, -0.2) is 22.5 Å². The van der Waals surface area contributed by atoms with Crippen LogP contribution in [0.25, 0.3) is 10.9 Å². The van der Waals surface area contributed by atoms with Crippen molar-refractivity contribution in [1.29, 1.82) is 0 Å². The van der Waals surface area contributed by atoms with Crippen LogP contribution >= 0.6 is 0 Å². The lowest BCUT2D eigenvalue weighted by Gasteiger charge is -2.01. The van der Waals surface area contributed by atoms with Crippen molar-refractivity contribution in [2.75, 3.05) is 6.54 Å². The maximum Gasteiger partial charge on any atom is 0.266 e. The van der Waals surface area contributed by atoms with Crippen LogP contribution in [0.15, 0.2) is 35.6 Å². The van der Waals surface area contributed by atoms with Crippen molar-refractivity contribution in [1.82, 2.24) is 10.3 Å². The highest BCUT2D eigenvalue weighted by atomic mass is 16.7. The van der Waals surface area contributed by atoms with Gasteiger partial charge in [-0.1, -0.05) is 18.2 Å². The quantitative estimate of drug-likeness (QED) is 0.321. The fourth-order valence-electron chi connectivity index (χ4n) is 1.79. The highest BCUT2D eigenvalue weighted by Gasteiger charge is 2.03. The maximum absolute atomic E-state index is 10.1. The fraction of sp³-hybridized carbons (Fsp3) is 0.182. The Kier molecular flexibility index (Phi) is 3.42. The Labute approximate surface area is 103 Å². The molecule has 4 N–H and O–H groups in total. The molecule has 2 aromatic rings. The summed E-state index contributed by atoms with van der Waals surface area (Å²) in [6.45, 7) is 0.491. The van der Waals surface area contributed by atoms with Gasteiger partial charge < -0.3 is 16.0 Å². The van der Waals surface area contributed by atoms with Crippen LogP contribution in [-0.2, 0) is 6.42 Å². The van der Waals surface area contributed by atoms with E-state index in [-0.39, 0.29) is 5.96 Å². The summed E-state index contributed by atoms with van der Waals surface area (Å²) in [6, 6.07) is 7.95. The topological polar surface area (TPSA) is 109 Å². The Balaban J connectivity index is 1.97. The molecule has 0 spiro atoms. The fourth-order valence-corrected chi connectivity index (χ4v) is 1.79. The van der Waals surface area contributed by atoms with E-state index in [1.54, 1.807) is 0 Å². The normalized spacial score (nSPS) is 11.7. The predicted molar refractivity (Wildman–Crippen MR) is 68.6 cm³/mol. The van der Waals surface area contributed by atoms with E-state index in [1.807, 2.05) is 30.5 Å². The molecular weight excluding hydrogens is 234 g/mol. The molecule has 7 nitrogen and oxygen atoms in total. The molecule has 7 heteroatoms. The second-order valence-electron chi connectivity index (χ2n) is 3.76. The van der Waals surface area contributed by atoms with Gasteiger partial charge in [-0.25, -0.2) is 10.1 Å². The van der Waals surface area contributed by atoms with Gasteiger partial charge in [0.25, 0.3) is 5.96 Å². The van der Waals surface area contributed by atoms with Crippen LogP contribution in [0.4, 0.5) is 0 Å². The standard InChI is InChI=1S/C11H13N5O2/c12-11(15-16(17)18)13-6-5-8-7-14-10-4-2-1-3-9(8)10/h1-4,7,14H,5-6H2,(H3,12,13,15). The third-order valence-corrected chi connectivity index (χ3v) is 2.56. The van der Waals surface area contributed by atoms with Gasteiger partial charge in [-0.15, -0.1) is 0 Å². The van der Waals surface area contributed by atoms with Crippen molar-refractivity contribution in [2.24, 2.45) is 10.8 Å². The van der Waals surface area contributed by atoms with Crippen LogP contribution in [0.1, 0.15) is 5.56 Å².